The maximum absolute atomic E-state index is 13.0. The van der Waals surface area contributed by atoms with Crippen LogP contribution in [0.5, 0.6) is 0 Å². The van der Waals surface area contributed by atoms with Gasteiger partial charge >= 0.3 is 0 Å². The van der Waals surface area contributed by atoms with E-state index < -0.39 is 11.6 Å². The van der Waals surface area contributed by atoms with Crippen LogP contribution < -0.4 is 5.32 Å². The molecule has 1 aromatic carbocycles. The summed E-state index contributed by atoms with van der Waals surface area (Å²) in [4.78, 5) is 0. The zero-order valence-corrected chi connectivity index (χ0v) is 9.69. The fraction of sp³-hybridized carbons (Fsp3) is 0.385. The van der Waals surface area contributed by atoms with E-state index in [0.717, 1.165) is 18.2 Å². The van der Waals surface area contributed by atoms with Crippen molar-refractivity contribution in [2.75, 3.05) is 6.54 Å². The number of hydrogen-bond donors (Lipinski definition) is 1. The Bertz CT molecular complexity index is 354. The molecule has 1 aromatic rings. The molecule has 0 aliphatic heterocycles. The molecule has 0 spiro atoms. The zero-order chi connectivity index (χ0) is 12.1. The van der Waals surface area contributed by atoms with E-state index in [-0.39, 0.29) is 6.04 Å². The Morgan fingerprint density at radius 1 is 1.31 bits per heavy atom. The maximum atomic E-state index is 13.0. The lowest BCUT2D eigenvalue weighted by atomic mass is 10.0. The summed E-state index contributed by atoms with van der Waals surface area (Å²) in [5, 5.41) is 3.23. The summed E-state index contributed by atoms with van der Waals surface area (Å²) >= 11 is 0. The molecule has 0 saturated carbocycles. The summed E-state index contributed by atoms with van der Waals surface area (Å²) in [6.07, 6.45) is 0.553. The van der Waals surface area contributed by atoms with Crippen LogP contribution >= 0.6 is 0 Å². The highest BCUT2D eigenvalue weighted by molar-refractivity contribution is 5.21. The normalized spacial score (nSPS) is 12.5. The van der Waals surface area contributed by atoms with E-state index in [4.69, 9.17) is 0 Å². The third-order valence-corrected chi connectivity index (χ3v) is 2.41. The van der Waals surface area contributed by atoms with Crippen molar-refractivity contribution in [3.63, 3.8) is 0 Å². The first kappa shape index (κ1) is 12.8. The van der Waals surface area contributed by atoms with E-state index in [1.54, 1.807) is 0 Å². The van der Waals surface area contributed by atoms with E-state index in [0.29, 0.717) is 12.0 Å². The van der Waals surface area contributed by atoms with E-state index in [1.165, 1.54) is 12.1 Å². The smallest absolute Gasteiger partial charge is 0.126 e. The minimum absolute atomic E-state index is 0.0613. The highest BCUT2D eigenvalue weighted by Gasteiger charge is 2.10. The largest absolute Gasteiger partial charge is 0.310 e. The molecule has 0 fully saturated rings. The number of benzene rings is 1. The van der Waals surface area contributed by atoms with Crippen LogP contribution in [0.3, 0.4) is 0 Å². The molecule has 1 nitrogen and oxygen atoms in total. The summed E-state index contributed by atoms with van der Waals surface area (Å²) in [6, 6.07) is 3.66. The van der Waals surface area contributed by atoms with Crippen molar-refractivity contribution in [2.24, 2.45) is 0 Å². The van der Waals surface area contributed by atoms with Gasteiger partial charge in [0.25, 0.3) is 0 Å². The molecule has 0 heterocycles. The molecule has 1 atom stereocenters. The van der Waals surface area contributed by atoms with Gasteiger partial charge in [0.05, 0.1) is 0 Å². The quantitative estimate of drug-likeness (QED) is 0.759. The van der Waals surface area contributed by atoms with E-state index in [1.807, 2.05) is 13.8 Å². The van der Waals surface area contributed by atoms with E-state index in [9.17, 15) is 8.78 Å². The minimum atomic E-state index is -0.535. The van der Waals surface area contributed by atoms with Gasteiger partial charge in [-0.3, -0.25) is 0 Å². The SMILES string of the molecule is C=C(C)C(Cc1cc(F)cc(F)c1)NCC. The van der Waals surface area contributed by atoms with E-state index in [2.05, 4.69) is 11.9 Å². The van der Waals surface area contributed by atoms with Crippen molar-refractivity contribution in [2.45, 2.75) is 26.3 Å². The van der Waals surface area contributed by atoms with Crippen LogP contribution in [0.25, 0.3) is 0 Å². The summed E-state index contributed by atoms with van der Waals surface area (Å²) in [5.74, 6) is -1.07. The van der Waals surface area contributed by atoms with Gasteiger partial charge in [-0.15, -0.1) is 0 Å². The van der Waals surface area contributed by atoms with Gasteiger partial charge in [-0.1, -0.05) is 19.1 Å². The number of nitrogens with one attached hydrogen (secondary N) is 1. The fourth-order valence-electron chi connectivity index (χ4n) is 1.63. The Morgan fingerprint density at radius 2 is 1.88 bits per heavy atom. The van der Waals surface area contributed by atoms with Crippen molar-refractivity contribution in [1.82, 2.24) is 5.32 Å². The van der Waals surface area contributed by atoms with Crippen LogP contribution in [-0.2, 0) is 6.42 Å². The lowest BCUT2D eigenvalue weighted by Crippen LogP contribution is -2.31. The first-order valence-electron chi connectivity index (χ1n) is 5.36. The van der Waals surface area contributed by atoms with Gasteiger partial charge in [-0.05, 0) is 37.6 Å². The molecule has 0 saturated heterocycles. The van der Waals surface area contributed by atoms with Crippen molar-refractivity contribution in [1.29, 1.82) is 0 Å². The molecule has 1 N–H and O–H groups in total. The van der Waals surface area contributed by atoms with Gasteiger partial charge in [0.15, 0.2) is 0 Å². The van der Waals surface area contributed by atoms with Crippen molar-refractivity contribution in [3.05, 3.63) is 47.5 Å². The predicted octanol–water partition coefficient (Wildman–Crippen LogP) is 3.06. The third kappa shape index (κ3) is 3.74. The fourth-order valence-corrected chi connectivity index (χ4v) is 1.63. The Kier molecular flexibility index (Phi) is 4.62. The summed E-state index contributed by atoms with van der Waals surface area (Å²) in [7, 11) is 0. The second kappa shape index (κ2) is 5.75. The number of hydrogen-bond acceptors (Lipinski definition) is 1. The van der Waals surface area contributed by atoms with Gasteiger partial charge in [-0.25, -0.2) is 8.78 Å². The standard InChI is InChI=1S/C13H17F2N/c1-4-16-13(9(2)3)7-10-5-11(14)8-12(15)6-10/h5-6,8,13,16H,2,4,7H2,1,3H3. The zero-order valence-electron chi connectivity index (χ0n) is 9.69. The first-order valence-corrected chi connectivity index (χ1v) is 5.36. The van der Waals surface area contributed by atoms with Crippen LogP contribution in [0, 0.1) is 11.6 Å². The molecule has 0 bridgehead atoms. The molecule has 0 radical (unpaired) electrons. The van der Waals surface area contributed by atoms with Gasteiger partial charge in [0.1, 0.15) is 11.6 Å². The number of halogens is 2. The average molecular weight is 225 g/mol. The number of likely N-dealkylation sites (N-methyl/N-ethyl adjacent to an activating group) is 1. The molecule has 1 unspecified atom stereocenters. The molecule has 1 rings (SSSR count). The lowest BCUT2D eigenvalue weighted by Gasteiger charge is -2.18. The summed E-state index contributed by atoms with van der Waals surface area (Å²) in [5.41, 5.74) is 1.61. The molecule has 0 aliphatic rings. The minimum Gasteiger partial charge on any atom is -0.310 e. The lowest BCUT2D eigenvalue weighted by molar-refractivity contribution is 0.562. The average Bonchev–Trinajstić information content (AvgIpc) is 2.15. The molecule has 88 valence electrons. The van der Waals surface area contributed by atoms with Gasteiger partial charge in [-0.2, -0.15) is 0 Å². The molecule has 16 heavy (non-hydrogen) atoms. The Balaban J connectivity index is 2.80. The van der Waals surface area contributed by atoms with Crippen LogP contribution in [0.1, 0.15) is 19.4 Å². The van der Waals surface area contributed by atoms with Crippen LogP contribution in [0.4, 0.5) is 8.78 Å². The molecule has 0 aromatic heterocycles. The highest BCUT2D eigenvalue weighted by Crippen LogP contribution is 2.12. The second-order valence-corrected chi connectivity index (χ2v) is 3.94. The number of rotatable bonds is 5. The predicted molar refractivity (Wildman–Crippen MR) is 62.3 cm³/mol. The van der Waals surface area contributed by atoms with Crippen LogP contribution in [-0.4, -0.2) is 12.6 Å². The van der Waals surface area contributed by atoms with Crippen molar-refractivity contribution >= 4 is 0 Å². The Hall–Kier alpha value is -1.22. The van der Waals surface area contributed by atoms with Gasteiger partial charge in [0.2, 0.25) is 0 Å². The molecule has 3 heteroatoms. The van der Waals surface area contributed by atoms with Gasteiger partial charge in [0, 0.05) is 12.1 Å². The summed E-state index contributed by atoms with van der Waals surface area (Å²) < 4.78 is 26.0. The maximum Gasteiger partial charge on any atom is 0.126 e. The molecular formula is C13H17F2N. The second-order valence-electron chi connectivity index (χ2n) is 3.94. The summed E-state index contributed by atoms with van der Waals surface area (Å²) in [6.45, 7) is 8.56. The van der Waals surface area contributed by atoms with Gasteiger partial charge < -0.3 is 5.32 Å². The van der Waals surface area contributed by atoms with Crippen molar-refractivity contribution in [3.8, 4) is 0 Å². The Morgan fingerprint density at radius 3 is 2.31 bits per heavy atom. The topological polar surface area (TPSA) is 12.0 Å². The van der Waals surface area contributed by atoms with E-state index >= 15 is 0 Å². The Labute approximate surface area is 95.2 Å². The molecule has 0 aliphatic carbocycles. The van der Waals surface area contributed by atoms with Crippen LogP contribution in [0.15, 0.2) is 30.4 Å². The van der Waals surface area contributed by atoms with Crippen LogP contribution in [0.2, 0.25) is 0 Å². The molecule has 0 amide bonds. The van der Waals surface area contributed by atoms with Crippen molar-refractivity contribution < 1.29 is 8.78 Å². The third-order valence-electron chi connectivity index (χ3n) is 2.41. The monoisotopic (exact) mass is 225 g/mol. The molecular weight excluding hydrogens is 208 g/mol. The highest BCUT2D eigenvalue weighted by atomic mass is 19.1. The first-order chi connectivity index (χ1) is 7.52.